The summed E-state index contributed by atoms with van der Waals surface area (Å²) in [6.07, 6.45) is 0. The summed E-state index contributed by atoms with van der Waals surface area (Å²) in [6, 6.07) is 5.93. The molecule has 0 unspecified atom stereocenters. The SMILES string of the molecule is Cc1csc(Sc2ccc(CO)c(Br)c2)n1. The zero-order valence-electron chi connectivity index (χ0n) is 8.61. The molecule has 2 nitrogen and oxygen atoms in total. The van der Waals surface area contributed by atoms with Crippen LogP contribution >= 0.6 is 39.0 Å². The molecule has 1 heterocycles. The second-order valence-electron chi connectivity index (χ2n) is 3.27. The van der Waals surface area contributed by atoms with Crippen molar-refractivity contribution in [3.05, 3.63) is 39.3 Å². The summed E-state index contributed by atoms with van der Waals surface area (Å²) < 4.78 is 1.98. The van der Waals surface area contributed by atoms with Gasteiger partial charge in [-0.25, -0.2) is 4.98 Å². The molecule has 0 saturated carbocycles. The first-order valence-corrected chi connectivity index (χ1v) is 7.17. The van der Waals surface area contributed by atoms with Crippen molar-refractivity contribution in [1.82, 2.24) is 4.98 Å². The number of hydrogen-bond donors (Lipinski definition) is 1. The van der Waals surface area contributed by atoms with E-state index >= 15 is 0 Å². The Balaban J connectivity index is 2.19. The third-order valence-electron chi connectivity index (χ3n) is 2.00. The molecule has 0 aliphatic heterocycles. The number of aromatic nitrogens is 1. The summed E-state index contributed by atoms with van der Waals surface area (Å²) in [7, 11) is 0. The predicted molar refractivity (Wildman–Crippen MR) is 71.0 cm³/mol. The third-order valence-corrected chi connectivity index (χ3v) is 4.78. The molecular weight excluding hydrogens is 306 g/mol. The highest BCUT2D eigenvalue weighted by molar-refractivity contribution is 9.10. The van der Waals surface area contributed by atoms with Crippen molar-refractivity contribution in [1.29, 1.82) is 0 Å². The molecule has 0 saturated heterocycles. The smallest absolute Gasteiger partial charge is 0.154 e. The van der Waals surface area contributed by atoms with Gasteiger partial charge in [0.15, 0.2) is 4.34 Å². The maximum Gasteiger partial charge on any atom is 0.154 e. The van der Waals surface area contributed by atoms with Gasteiger partial charge in [0.25, 0.3) is 0 Å². The molecule has 2 aromatic rings. The lowest BCUT2D eigenvalue weighted by Crippen LogP contribution is -1.85. The van der Waals surface area contributed by atoms with Crippen LogP contribution in [0.4, 0.5) is 0 Å². The molecule has 0 atom stereocenters. The number of aliphatic hydroxyl groups excluding tert-OH is 1. The fourth-order valence-electron chi connectivity index (χ4n) is 1.20. The van der Waals surface area contributed by atoms with Crippen molar-refractivity contribution < 1.29 is 5.11 Å². The van der Waals surface area contributed by atoms with E-state index < -0.39 is 0 Å². The maximum atomic E-state index is 9.06. The van der Waals surface area contributed by atoms with Crippen molar-refractivity contribution in [3.63, 3.8) is 0 Å². The first-order valence-electron chi connectivity index (χ1n) is 4.68. The van der Waals surface area contributed by atoms with Gasteiger partial charge in [0.2, 0.25) is 0 Å². The summed E-state index contributed by atoms with van der Waals surface area (Å²) in [5.41, 5.74) is 1.96. The molecule has 2 rings (SSSR count). The van der Waals surface area contributed by atoms with Gasteiger partial charge in [0.1, 0.15) is 0 Å². The molecule has 84 valence electrons. The first-order chi connectivity index (χ1) is 7.69. The Hall–Kier alpha value is -0.360. The van der Waals surface area contributed by atoms with E-state index in [1.54, 1.807) is 23.1 Å². The number of halogens is 1. The van der Waals surface area contributed by atoms with Crippen LogP contribution in [0.1, 0.15) is 11.3 Å². The van der Waals surface area contributed by atoms with Gasteiger partial charge >= 0.3 is 0 Å². The molecule has 1 aromatic heterocycles. The van der Waals surface area contributed by atoms with E-state index in [0.29, 0.717) is 0 Å². The summed E-state index contributed by atoms with van der Waals surface area (Å²) in [5, 5.41) is 11.1. The van der Waals surface area contributed by atoms with Crippen LogP contribution in [0, 0.1) is 6.92 Å². The maximum absolute atomic E-state index is 9.06. The molecular formula is C11H10BrNOS2. The molecule has 16 heavy (non-hydrogen) atoms. The van der Waals surface area contributed by atoms with Crippen LogP contribution in [0.25, 0.3) is 0 Å². The highest BCUT2D eigenvalue weighted by Gasteiger charge is 2.04. The molecule has 0 fully saturated rings. The number of rotatable bonds is 3. The molecule has 0 aliphatic carbocycles. The van der Waals surface area contributed by atoms with Crippen molar-refractivity contribution >= 4 is 39.0 Å². The lowest BCUT2D eigenvalue weighted by molar-refractivity contribution is 0.281. The van der Waals surface area contributed by atoms with Crippen LogP contribution in [0.3, 0.4) is 0 Å². The monoisotopic (exact) mass is 315 g/mol. The number of aryl methyl sites for hydroxylation is 1. The van der Waals surface area contributed by atoms with E-state index in [2.05, 4.69) is 20.9 Å². The lowest BCUT2D eigenvalue weighted by atomic mass is 10.2. The summed E-state index contributed by atoms with van der Waals surface area (Å²) in [4.78, 5) is 5.52. The first kappa shape index (κ1) is 12.1. The van der Waals surface area contributed by atoms with Gasteiger partial charge in [-0.2, -0.15) is 0 Å². The zero-order valence-corrected chi connectivity index (χ0v) is 11.8. The number of nitrogens with zero attached hydrogens (tertiary/aromatic N) is 1. The van der Waals surface area contributed by atoms with Crippen LogP contribution in [-0.2, 0) is 6.61 Å². The molecule has 0 spiro atoms. The molecule has 1 N–H and O–H groups in total. The van der Waals surface area contributed by atoms with Gasteiger partial charge in [0.05, 0.1) is 6.61 Å². The Kier molecular flexibility index (Phi) is 4.02. The van der Waals surface area contributed by atoms with E-state index in [1.807, 2.05) is 30.5 Å². The van der Waals surface area contributed by atoms with Crippen LogP contribution < -0.4 is 0 Å². The minimum Gasteiger partial charge on any atom is -0.392 e. The molecule has 0 amide bonds. The predicted octanol–water partition coefficient (Wildman–Crippen LogP) is 3.86. The summed E-state index contributed by atoms with van der Waals surface area (Å²) in [6.45, 7) is 2.05. The molecule has 0 bridgehead atoms. The Labute approximate surface area is 111 Å². The van der Waals surface area contributed by atoms with Crippen molar-refractivity contribution in [2.45, 2.75) is 22.8 Å². The standard InChI is InChI=1S/C11H10BrNOS2/c1-7-6-15-11(13-7)16-9-3-2-8(5-14)10(12)4-9/h2-4,6,14H,5H2,1H3. The third kappa shape index (κ3) is 2.85. The van der Waals surface area contributed by atoms with Gasteiger partial charge in [-0.15, -0.1) is 11.3 Å². The van der Waals surface area contributed by atoms with Gasteiger partial charge in [0, 0.05) is 20.4 Å². The van der Waals surface area contributed by atoms with Crippen molar-refractivity contribution in [3.8, 4) is 0 Å². The number of aliphatic hydroxyl groups is 1. The van der Waals surface area contributed by atoms with E-state index in [9.17, 15) is 0 Å². The van der Waals surface area contributed by atoms with E-state index in [4.69, 9.17) is 5.11 Å². The normalized spacial score (nSPS) is 10.7. The Morgan fingerprint density at radius 1 is 1.50 bits per heavy atom. The van der Waals surface area contributed by atoms with Crippen LogP contribution in [-0.4, -0.2) is 10.1 Å². The minimum absolute atomic E-state index is 0.0574. The molecule has 1 aromatic carbocycles. The number of benzene rings is 1. The van der Waals surface area contributed by atoms with Gasteiger partial charge in [-0.1, -0.05) is 33.8 Å². The highest BCUT2D eigenvalue weighted by atomic mass is 79.9. The Morgan fingerprint density at radius 2 is 2.31 bits per heavy atom. The summed E-state index contributed by atoms with van der Waals surface area (Å²) >= 11 is 6.72. The second-order valence-corrected chi connectivity index (χ2v) is 6.30. The average Bonchev–Trinajstić information content (AvgIpc) is 2.64. The quantitative estimate of drug-likeness (QED) is 0.933. The topological polar surface area (TPSA) is 33.1 Å². The molecule has 5 heteroatoms. The highest BCUT2D eigenvalue weighted by Crippen LogP contribution is 2.32. The van der Waals surface area contributed by atoms with Crippen LogP contribution in [0.5, 0.6) is 0 Å². The second kappa shape index (κ2) is 5.31. The van der Waals surface area contributed by atoms with Gasteiger partial charge < -0.3 is 5.11 Å². The van der Waals surface area contributed by atoms with Crippen LogP contribution in [0.15, 0.2) is 37.3 Å². The molecule has 0 radical (unpaired) electrons. The van der Waals surface area contributed by atoms with E-state index in [-0.39, 0.29) is 6.61 Å². The van der Waals surface area contributed by atoms with Gasteiger partial charge in [-0.3, -0.25) is 0 Å². The van der Waals surface area contributed by atoms with Crippen molar-refractivity contribution in [2.75, 3.05) is 0 Å². The zero-order chi connectivity index (χ0) is 11.5. The van der Waals surface area contributed by atoms with E-state index in [0.717, 1.165) is 25.0 Å². The lowest BCUT2D eigenvalue weighted by Gasteiger charge is -2.03. The van der Waals surface area contributed by atoms with Gasteiger partial charge in [-0.05, 0) is 24.6 Å². The average molecular weight is 316 g/mol. The molecule has 0 aliphatic rings. The summed E-state index contributed by atoms with van der Waals surface area (Å²) in [5.74, 6) is 0. The number of hydrogen-bond acceptors (Lipinski definition) is 4. The van der Waals surface area contributed by atoms with Crippen molar-refractivity contribution in [2.24, 2.45) is 0 Å². The van der Waals surface area contributed by atoms with E-state index in [1.165, 1.54) is 0 Å². The minimum atomic E-state index is 0.0574. The Bertz CT molecular complexity index is 498. The Morgan fingerprint density at radius 3 is 2.88 bits per heavy atom. The number of thiazole rings is 1. The fourth-order valence-corrected chi connectivity index (χ4v) is 3.71. The fraction of sp³-hybridized carbons (Fsp3) is 0.182. The largest absolute Gasteiger partial charge is 0.392 e. The van der Waals surface area contributed by atoms with Crippen LogP contribution in [0.2, 0.25) is 0 Å².